The number of quaternary nitrogens is 1. The summed E-state index contributed by atoms with van der Waals surface area (Å²) in [6.07, 6.45) is 5.68. The monoisotopic (exact) mass is 257 g/mol. The zero-order chi connectivity index (χ0) is 14.7. The van der Waals surface area contributed by atoms with Crippen LogP contribution in [0.1, 0.15) is 55.4 Å². The van der Waals surface area contributed by atoms with Gasteiger partial charge < -0.3 is 4.48 Å². The van der Waals surface area contributed by atoms with Gasteiger partial charge in [0.1, 0.15) is 0 Å². The Morgan fingerprint density at radius 3 is 0.722 bits per heavy atom. The highest BCUT2D eigenvalue weighted by Gasteiger charge is 2.16. The van der Waals surface area contributed by atoms with Crippen LogP contribution in [0.4, 0.5) is 0 Å². The Balaban J connectivity index is 0. The van der Waals surface area contributed by atoms with Crippen LogP contribution in [0.25, 0.3) is 0 Å². The molecule has 0 spiro atoms. The van der Waals surface area contributed by atoms with Gasteiger partial charge in [-0.05, 0) is 33.8 Å². The van der Waals surface area contributed by atoms with Crippen LogP contribution in [-0.4, -0.2) is 36.8 Å². The molecule has 0 unspecified atom stereocenters. The molecule has 0 amide bonds. The van der Waals surface area contributed by atoms with Gasteiger partial charge in [0.25, 0.3) is 0 Å². The third kappa shape index (κ3) is 6.27. The molecule has 0 saturated carbocycles. The average molecular weight is 257 g/mol. The quantitative estimate of drug-likeness (QED) is 0.403. The maximum Gasteiger partial charge on any atom is 0.0757 e. The Hall–Kier alpha value is 0.0249. The molecule has 112 valence electrons. The van der Waals surface area contributed by atoms with E-state index in [4.69, 9.17) is 0 Å². The third-order valence-electron chi connectivity index (χ3n) is 6.15. The molecule has 0 saturated heterocycles. The standard InChI is InChI=1S/C8H20B.C8H20N/c2*1-5-9(6-2,7-3)8-4/h2*5-8H2,1-4H3/q-1;+1. The van der Waals surface area contributed by atoms with Gasteiger partial charge in [0.15, 0.2) is 0 Å². The number of nitrogens with zero attached hydrogens (tertiary/aromatic N) is 1. The lowest BCUT2D eigenvalue weighted by Crippen LogP contribution is -2.47. The van der Waals surface area contributed by atoms with Crippen molar-refractivity contribution in [2.24, 2.45) is 0 Å². The number of hydrogen-bond acceptors (Lipinski definition) is 0. The molecule has 0 aromatic rings. The fourth-order valence-corrected chi connectivity index (χ4v) is 3.07. The minimum Gasteiger partial charge on any atom is -0.325 e. The van der Waals surface area contributed by atoms with Gasteiger partial charge in [-0.1, -0.05) is 27.7 Å². The lowest BCUT2D eigenvalue weighted by Gasteiger charge is -2.34. The molecule has 0 aliphatic heterocycles. The van der Waals surface area contributed by atoms with Crippen molar-refractivity contribution in [2.45, 2.75) is 80.7 Å². The van der Waals surface area contributed by atoms with Crippen molar-refractivity contribution in [3.63, 3.8) is 0 Å². The summed E-state index contributed by atoms with van der Waals surface area (Å²) in [5.41, 5.74) is 0. The van der Waals surface area contributed by atoms with Gasteiger partial charge in [0, 0.05) is 0 Å². The van der Waals surface area contributed by atoms with E-state index < -0.39 is 0 Å². The van der Waals surface area contributed by atoms with Gasteiger partial charge in [0.2, 0.25) is 0 Å². The van der Waals surface area contributed by atoms with Crippen molar-refractivity contribution < 1.29 is 4.48 Å². The zero-order valence-electron chi connectivity index (χ0n) is 14.7. The summed E-state index contributed by atoms with van der Waals surface area (Å²) in [5.74, 6) is 0. The van der Waals surface area contributed by atoms with Crippen LogP contribution in [0.3, 0.4) is 0 Å². The maximum atomic E-state index is 2.33. The van der Waals surface area contributed by atoms with Gasteiger partial charge in [-0.3, -0.25) is 0 Å². The molecule has 0 N–H and O–H groups in total. The highest BCUT2D eigenvalue weighted by molar-refractivity contribution is 6.79. The fraction of sp³-hybridized carbons (Fsp3) is 1.00. The zero-order valence-corrected chi connectivity index (χ0v) is 14.7. The Bertz CT molecular complexity index is 117. The molecule has 0 radical (unpaired) electrons. The van der Waals surface area contributed by atoms with Gasteiger partial charge in [-0.25, -0.2) is 0 Å². The first-order valence-corrected chi connectivity index (χ1v) is 8.55. The number of rotatable bonds is 8. The van der Waals surface area contributed by atoms with Gasteiger partial charge in [-0.15, -0.1) is 0 Å². The van der Waals surface area contributed by atoms with Crippen LogP contribution in [-0.2, 0) is 0 Å². The lowest BCUT2D eigenvalue weighted by atomic mass is 9.19. The molecule has 0 atom stereocenters. The second-order valence-electron chi connectivity index (χ2n) is 5.97. The molecule has 0 bridgehead atoms. The van der Waals surface area contributed by atoms with E-state index in [1.54, 1.807) is 0 Å². The van der Waals surface area contributed by atoms with E-state index in [9.17, 15) is 0 Å². The predicted molar refractivity (Wildman–Crippen MR) is 90.1 cm³/mol. The molecule has 0 heterocycles. The van der Waals surface area contributed by atoms with Crippen molar-refractivity contribution in [1.29, 1.82) is 0 Å². The second kappa shape index (κ2) is 10.9. The highest BCUT2D eigenvalue weighted by Crippen LogP contribution is 2.23. The maximum absolute atomic E-state index is 2.33. The Morgan fingerprint density at radius 1 is 0.500 bits per heavy atom. The normalized spacial score (nSPS) is 12.0. The summed E-state index contributed by atoms with van der Waals surface area (Å²) >= 11 is 0. The number of hydrogen-bond donors (Lipinski definition) is 0. The SMILES string of the molecule is CC[B-](CC)(CC)CC.CC[N+](CC)(CC)CC. The first-order chi connectivity index (χ1) is 8.49. The molecule has 0 aliphatic carbocycles. The van der Waals surface area contributed by atoms with Gasteiger partial charge in [-0.2, -0.15) is 25.3 Å². The van der Waals surface area contributed by atoms with Crippen LogP contribution in [0.2, 0.25) is 25.3 Å². The Labute approximate surface area is 118 Å². The molecular weight excluding hydrogens is 217 g/mol. The van der Waals surface area contributed by atoms with E-state index in [1.165, 1.54) is 55.9 Å². The molecular formula is C16H40BN. The van der Waals surface area contributed by atoms with Crippen molar-refractivity contribution in [3.05, 3.63) is 0 Å². The van der Waals surface area contributed by atoms with E-state index in [2.05, 4.69) is 55.4 Å². The average Bonchev–Trinajstić information content (AvgIpc) is 2.46. The first kappa shape index (κ1) is 20.3. The van der Waals surface area contributed by atoms with Crippen molar-refractivity contribution in [2.75, 3.05) is 26.2 Å². The molecule has 0 aromatic carbocycles. The Kier molecular flexibility index (Phi) is 12.3. The van der Waals surface area contributed by atoms with Crippen molar-refractivity contribution >= 4 is 6.15 Å². The molecule has 18 heavy (non-hydrogen) atoms. The van der Waals surface area contributed by atoms with Crippen LogP contribution < -0.4 is 0 Å². The van der Waals surface area contributed by atoms with Crippen molar-refractivity contribution in [1.82, 2.24) is 0 Å². The van der Waals surface area contributed by atoms with Gasteiger partial charge in [0.05, 0.1) is 26.2 Å². The minimum absolute atomic E-state index is 0.0556. The topological polar surface area (TPSA) is 0 Å². The van der Waals surface area contributed by atoms with Gasteiger partial charge >= 0.3 is 0 Å². The smallest absolute Gasteiger partial charge is 0.0757 e. The summed E-state index contributed by atoms with van der Waals surface area (Å²) in [6, 6.07) is 0. The van der Waals surface area contributed by atoms with Crippen molar-refractivity contribution in [3.8, 4) is 0 Å². The van der Waals surface area contributed by atoms with Crippen LogP contribution in [0.5, 0.6) is 0 Å². The molecule has 0 aromatic heterocycles. The summed E-state index contributed by atoms with van der Waals surface area (Å²) in [4.78, 5) is 0. The molecule has 0 aliphatic rings. The van der Waals surface area contributed by atoms with E-state index in [0.717, 1.165) is 0 Å². The minimum atomic E-state index is 0.0556. The Morgan fingerprint density at radius 2 is 0.722 bits per heavy atom. The lowest BCUT2D eigenvalue weighted by molar-refractivity contribution is -0.921. The molecule has 0 rings (SSSR count). The summed E-state index contributed by atoms with van der Waals surface area (Å²) < 4.78 is 1.28. The summed E-state index contributed by atoms with van der Waals surface area (Å²) in [5, 5.41) is 0. The fourth-order valence-electron chi connectivity index (χ4n) is 3.07. The van der Waals surface area contributed by atoms with Crippen LogP contribution in [0, 0.1) is 0 Å². The van der Waals surface area contributed by atoms with Crippen LogP contribution >= 0.6 is 0 Å². The highest BCUT2D eigenvalue weighted by atomic mass is 15.3. The largest absolute Gasteiger partial charge is 0.325 e. The first-order valence-electron chi connectivity index (χ1n) is 8.55. The van der Waals surface area contributed by atoms with E-state index in [0.29, 0.717) is 0 Å². The third-order valence-corrected chi connectivity index (χ3v) is 6.15. The predicted octanol–water partition coefficient (Wildman–Crippen LogP) is 5.40. The molecule has 1 nitrogen and oxygen atoms in total. The molecule has 0 fully saturated rings. The summed E-state index contributed by atoms with van der Waals surface area (Å²) in [6.45, 7) is 23.5. The molecule has 2 heteroatoms. The van der Waals surface area contributed by atoms with Crippen LogP contribution in [0.15, 0.2) is 0 Å². The van der Waals surface area contributed by atoms with E-state index in [-0.39, 0.29) is 6.15 Å². The van der Waals surface area contributed by atoms with E-state index in [1.807, 2.05) is 0 Å². The van der Waals surface area contributed by atoms with E-state index >= 15 is 0 Å². The second-order valence-corrected chi connectivity index (χ2v) is 5.97. The summed E-state index contributed by atoms with van der Waals surface area (Å²) in [7, 11) is 0.